The average Bonchev–Trinajstić information content (AvgIpc) is 2.68. The number of carbonyl (C=O) groups excluding carboxylic acids is 1. The Hall–Kier alpha value is -2.20. The number of nitro groups is 1. The molecule has 10 heteroatoms. The molecule has 0 bridgehead atoms. The molecule has 0 aromatic heterocycles. The van der Waals surface area contributed by atoms with Crippen LogP contribution in [-0.2, 0) is 19.6 Å². The largest absolute Gasteiger partial charge is 0.466 e. The average molecular weight is 413 g/mol. The van der Waals surface area contributed by atoms with Crippen LogP contribution in [-0.4, -0.2) is 56.4 Å². The minimum atomic E-state index is -3.78. The molecule has 0 N–H and O–H groups in total. The van der Waals surface area contributed by atoms with Crippen molar-refractivity contribution >= 4 is 27.4 Å². The van der Waals surface area contributed by atoms with Gasteiger partial charge in [-0.2, -0.15) is 4.31 Å². The quantitative estimate of drug-likeness (QED) is 0.365. The van der Waals surface area contributed by atoms with Crippen LogP contribution in [0.3, 0.4) is 0 Å². The van der Waals surface area contributed by atoms with Crippen LogP contribution in [0.15, 0.2) is 23.1 Å². The van der Waals surface area contributed by atoms with Crippen molar-refractivity contribution < 1.29 is 22.9 Å². The van der Waals surface area contributed by atoms with Crippen LogP contribution in [0.1, 0.15) is 33.6 Å². The number of nitro benzene ring substituents is 1. The van der Waals surface area contributed by atoms with Crippen LogP contribution in [0.2, 0.25) is 0 Å². The Morgan fingerprint density at radius 2 is 1.86 bits per heavy atom. The highest BCUT2D eigenvalue weighted by Crippen LogP contribution is 2.34. The first-order valence-electron chi connectivity index (χ1n) is 9.46. The molecule has 0 aliphatic carbocycles. The number of carbonyl (C=O) groups is 1. The van der Waals surface area contributed by atoms with Crippen molar-refractivity contribution in [1.29, 1.82) is 0 Å². The first-order valence-corrected chi connectivity index (χ1v) is 10.9. The molecule has 0 radical (unpaired) electrons. The fraction of sp³-hybridized carbons (Fsp3) is 0.611. The minimum absolute atomic E-state index is 0.0898. The summed E-state index contributed by atoms with van der Waals surface area (Å²) in [6, 6.07) is 4.02. The molecule has 28 heavy (non-hydrogen) atoms. The summed E-state index contributed by atoms with van der Waals surface area (Å²) in [5, 5.41) is 11.6. The number of anilines is 1. The highest BCUT2D eigenvalue weighted by molar-refractivity contribution is 7.89. The molecule has 0 atom stereocenters. The summed E-state index contributed by atoms with van der Waals surface area (Å²) in [5.74, 6) is -0.449. The maximum atomic E-state index is 12.7. The van der Waals surface area contributed by atoms with Crippen molar-refractivity contribution in [3.05, 3.63) is 28.3 Å². The van der Waals surface area contributed by atoms with Gasteiger partial charge in [-0.15, -0.1) is 0 Å². The first kappa shape index (κ1) is 22.1. The van der Waals surface area contributed by atoms with Gasteiger partial charge >= 0.3 is 5.97 Å². The van der Waals surface area contributed by atoms with Gasteiger partial charge in [0, 0.05) is 32.2 Å². The van der Waals surface area contributed by atoms with Crippen LogP contribution in [0, 0.1) is 16.0 Å². The molecule has 2 rings (SSSR count). The van der Waals surface area contributed by atoms with Crippen LogP contribution in [0.5, 0.6) is 0 Å². The van der Waals surface area contributed by atoms with Gasteiger partial charge in [0.2, 0.25) is 10.0 Å². The Morgan fingerprint density at radius 1 is 1.25 bits per heavy atom. The number of rotatable bonds is 8. The molecule has 1 heterocycles. The lowest BCUT2D eigenvalue weighted by Gasteiger charge is -2.32. The molecule has 1 fully saturated rings. The van der Waals surface area contributed by atoms with Gasteiger partial charge in [0.15, 0.2) is 0 Å². The van der Waals surface area contributed by atoms with Crippen molar-refractivity contribution in [2.45, 2.75) is 38.5 Å². The minimum Gasteiger partial charge on any atom is -0.466 e. The number of sulfonamides is 1. The molecule has 0 spiro atoms. The van der Waals surface area contributed by atoms with Crippen molar-refractivity contribution in [1.82, 2.24) is 4.31 Å². The van der Waals surface area contributed by atoms with Gasteiger partial charge in [-0.3, -0.25) is 14.9 Å². The molecule has 1 saturated heterocycles. The van der Waals surface area contributed by atoms with Crippen molar-refractivity contribution in [2.24, 2.45) is 5.92 Å². The molecule has 1 aliphatic rings. The van der Waals surface area contributed by atoms with Gasteiger partial charge in [-0.05, 0) is 31.9 Å². The van der Waals surface area contributed by atoms with Crippen LogP contribution in [0.4, 0.5) is 11.4 Å². The second-order valence-corrected chi connectivity index (χ2v) is 8.45. The summed E-state index contributed by atoms with van der Waals surface area (Å²) >= 11 is 0. The molecule has 0 saturated carbocycles. The number of hydrogen-bond donors (Lipinski definition) is 0. The number of hydrogen-bond acceptors (Lipinski definition) is 7. The highest BCUT2D eigenvalue weighted by Gasteiger charge is 2.31. The fourth-order valence-corrected chi connectivity index (χ4v) is 4.88. The molecule has 1 aliphatic heterocycles. The maximum Gasteiger partial charge on any atom is 0.309 e. The summed E-state index contributed by atoms with van der Waals surface area (Å²) in [4.78, 5) is 24.6. The fourth-order valence-electron chi connectivity index (χ4n) is 3.41. The van der Waals surface area contributed by atoms with Gasteiger partial charge < -0.3 is 9.64 Å². The van der Waals surface area contributed by atoms with Crippen LogP contribution < -0.4 is 4.90 Å². The van der Waals surface area contributed by atoms with Gasteiger partial charge in [-0.1, -0.05) is 13.8 Å². The Kier molecular flexibility index (Phi) is 7.36. The summed E-state index contributed by atoms with van der Waals surface area (Å²) in [6.07, 6.45) is 1.07. The van der Waals surface area contributed by atoms with E-state index in [4.69, 9.17) is 4.74 Å². The molecule has 156 valence electrons. The number of ether oxygens (including phenoxy) is 1. The summed E-state index contributed by atoms with van der Waals surface area (Å²) in [6.45, 7) is 7.02. The zero-order chi connectivity index (χ0) is 20.9. The van der Waals surface area contributed by atoms with Gasteiger partial charge in [0.1, 0.15) is 5.69 Å². The zero-order valence-corrected chi connectivity index (χ0v) is 17.3. The van der Waals surface area contributed by atoms with Gasteiger partial charge in [-0.25, -0.2) is 8.42 Å². The van der Waals surface area contributed by atoms with E-state index in [1.165, 1.54) is 16.4 Å². The number of piperidine rings is 1. The smallest absolute Gasteiger partial charge is 0.309 e. The molecule has 1 aromatic carbocycles. The Balaban J connectivity index is 2.28. The Morgan fingerprint density at radius 3 is 2.36 bits per heavy atom. The third-order valence-electron chi connectivity index (χ3n) is 4.94. The topological polar surface area (TPSA) is 110 Å². The van der Waals surface area contributed by atoms with E-state index < -0.39 is 14.9 Å². The summed E-state index contributed by atoms with van der Waals surface area (Å²) in [5.41, 5.74) is 0.119. The lowest BCUT2D eigenvalue weighted by molar-refractivity contribution is -0.384. The molecule has 0 unspecified atom stereocenters. The maximum absolute atomic E-state index is 12.7. The monoisotopic (exact) mass is 413 g/mol. The lowest BCUT2D eigenvalue weighted by Crippen LogP contribution is -2.37. The SMILES string of the molecule is CCOC(=O)C1CCN(c2ccc(S(=O)(=O)N(CC)CC)cc2[N+](=O)[O-])CC1. The van der Waals surface area contributed by atoms with Crippen LogP contribution >= 0.6 is 0 Å². The van der Waals surface area contributed by atoms with E-state index in [0.29, 0.717) is 38.2 Å². The number of benzene rings is 1. The zero-order valence-electron chi connectivity index (χ0n) is 16.5. The second kappa shape index (κ2) is 9.33. The third-order valence-corrected chi connectivity index (χ3v) is 6.99. The standard InChI is InChI=1S/C18H27N3O6S/c1-4-20(5-2)28(25,26)15-7-8-16(17(13-15)21(23)24)19-11-9-14(10-12-19)18(22)27-6-3/h7-8,13-14H,4-6,9-12H2,1-3H3. The van der Waals surface area contributed by atoms with Gasteiger partial charge in [0.25, 0.3) is 5.69 Å². The van der Waals surface area contributed by atoms with E-state index in [1.54, 1.807) is 20.8 Å². The van der Waals surface area contributed by atoms with E-state index in [2.05, 4.69) is 0 Å². The van der Waals surface area contributed by atoms with E-state index >= 15 is 0 Å². The highest BCUT2D eigenvalue weighted by atomic mass is 32.2. The summed E-state index contributed by atoms with van der Waals surface area (Å²) < 4.78 is 31.7. The van der Waals surface area contributed by atoms with E-state index in [1.807, 2.05) is 4.90 Å². The molecule has 0 amide bonds. The van der Waals surface area contributed by atoms with E-state index in [-0.39, 0.29) is 35.6 Å². The Labute approximate surface area is 165 Å². The van der Waals surface area contributed by atoms with E-state index in [0.717, 1.165) is 6.07 Å². The Bertz CT molecular complexity index is 815. The molecule has 1 aromatic rings. The normalized spacial score (nSPS) is 15.6. The number of nitrogens with zero attached hydrogens (tertiary/aromatic N) is 3. The van der Waals surface area contributed by atoms with E-state index in [9.17, 15) is 23.3 Å². The predicted molar refractivity (Wildman–Crippen MR) is 105 cm³/mol. The molecule has 9 nitrogen and oxygen atoms in total. The summed E-state index contributed by atoms with van der Waals surface area (Å²) in [7, 11) is -3.78. The van der Waals surface area contributed by atoms with Crippen LogP contribution in [0.25, 0.3) is 0 Å². The molecular formula is C18H27N3O6S. The van der Waals surface area contributed by atoms with Crippen molar-refractivity contribution in [3.63, 3.8) is 0 Å². The lowest BCUT2D eigenvalue weighted by atomic mass is 9.96. The predicted octanol–water partition coefficient (Wildman–Crippen LogP) is 2.40. The van der Waals surface area contributed by atoms with Gasteiger partial charge in [0.05, 0.1) is 22.3 Å². The number of esters is 1. The third kappa shape index (κ3) is 4.61. The van der Waals surface area contributed by atoms with Crippen molar-refractivity contribution in [3.8, 4) is 0 Å². The van der Waals surface area contributed by atoms with Crippen molar-refractivity contribution in [2.75, 3.05) is 37.7 Å². The first-order chi connectivity index (χ1) is 13.3. The molecular weight excluding hydrogens is 386 g/mol. The second-order valence-electron chi connectivity index (χ2n) is 6.51.